The lowest BCUT2D eigenvalue weighted by molar-refractivity contribution is 0.00774. The molecule has 0 spiro atoms. The van der Waals surface area contributed by atoms with Crippen molar-refractivity contribution in [2.45, 2.75) is 25.7 Å². The maximum absolute atomic E-state index is 10.2. The van der Waals surface area contributed by atoms with E-state index < -0.39 is 6.10 Å². The molecule has 0 aromatic heterocycles. The molecule has 0 unspecified atom stereocenters. The molecule has 1 heterocycles. The Balaban J connectivity index is 1.41. The number of ether oxygens (including phenoxy) is 1. The molecule has 0 amide bonds. The van der Waals surface area contributed by atoms with Crippen molar-refractivity contribution in [3.8, 4) is 0 Å². The maximum atomic E-state index is 10.2. The van der Waals surface area contributed by atoms with Crippen LogP contribution in [-0.4, -0.2) is 35.8 Å². The zero-order valence-corrected chi connectivity index (χ0v) is 13.9. The maximum Gasteiger partial charge on any atom is 0.0900 e. The lowest BCUT2D eigenvalue weighted by Crippen LogP contribution is -2.38. The molecule has 0 saturated heterocycles. The summed E-state index contributed by atoms with van der Waals surface area (Å²) in [4.78, 5) is 2.29. The van der Waals surface area contributed by atoms with Gasteiger partial charge in [-0.15, -0.1) is 0 Å². The fraction of sp³-hybridized carbons (Fsp3) is 0.368. The highest BCUT2D eigenvalue weighted by atomic mass is 35.5. The molecule has 2 aromatic rings. The minimum absolute atomic E-state index is 0.348. The number of aliphatic hydroxyl groups excluding tert-OH is 1. The van der Waals surface area contributed by atoms with Crippen LogP contribution in [0.2, 0.25) is 5.02 Å². The highest BCUT2D eigenvalue weighted by molar-refractivity contribution is 6.30. The van der Waals surface area contributed by atoms with Gasteiger partial charge in [0, 0.05) is 24.7 Å². The van der Waals surface area contributed by atoms with Crippen LogP contribution in [-0.2, 0) is 24.3 Å². The molecule has 0 radical (unpaired) electrons. The standard InChI is InChI=1S/C19H22ClNO2/c20-18-7-5-15(6-8-18)13-23-14-19(22)12-21-10-9-16-3-1-2-4-17(16)11-21/h1-8,19,22H,9-14H2/t19-/m0/s1. The third-order valence-electron chi connectivity index (χ3n) is 4.17. The van der Waals surface area contributed by atoms with Crippen molar-refractivity contribution in [2.24, 2.45) is 0 Å². The van der Waals surface area contributed by atoms with E-state index in [9.17, 15) is 5.11 Å². The van der Waals surface area contributed by atoms with Crippen LogP contribution in [0, 0.1) is 0 Å². The number of nitrogens with zero attached hydrogens (tertiary/aromatic N) is 1. The van der Waals surface area contributed by atoms with Gasteiger partial charge in [0.25, 0.3) is 0 Å². The molecule has 122 valence electrons. The second-order valence-electron chi connectivity index (χ2n) is 6.05. The fourth-order valence-electron chi connectivity index (χ4n) is 2.95. The first-order valence-corrected chi connectivity index (χ1v) is 8.38. The van der Waals surface area contributed by atoms with Crippen LogP contribution in [0.3, 0.4) is 0 Å². The van der Waals surface area contributed by atoms with Gasteiger partial charge in [-0.1, -0.05) is 48.0 Å². The Labute approximate surface area is 142 Å². The van der Waals surface area contributed by atoms with Crippen molar-refractivity contribution >= 4 is 11.6 Å². The van der Waals surface area contributed by atoms with E-state index in [0.29, 0.717) is 19.8 Å². The van der Waals surface area contributed by atoms with Gasteiger partial charge in [0.2, 0.25) is 0 Å². The monoisotopic (exact) mass is 331 g/mol. The average molecular weight is 332 g/mol. The molecule has 0 fully saturated rings. The van der Waals surface area contributed by atoms with E-state index in [0.717, 1.165) is 30.1 Å². The molecule has 2 aromatic carbocycles. The minimum Gasteiger partial charge on any atom is -0.389 e. The Bertz CT molecular complexity index is 630. The summed E-state index contributed by atoms with van der Waals surface area (Å²) in [6.45, 7) is 3.39. The van der Waals surface area contributed by atoms with Crippen LogP contribution < -0.4 is 0 Å². The smallest absolute Gasteiger partial charge is 0.0900 e. The Hall–Kier alpha value is -1.39. The van der Waals surface area contributed by atoms with Gasteiger partial charge >= 0.3 is 0 Å². The van der Waals surface area contributed by atoms with Gasteiger partial charge < -0.3 is 9.84 Å². The molecule has 0 aliphatic carbocycles. The summed E-state index contributed by atoms with van der Waals surface area (Å²) in [5, 5.41) is 10.9. The number of fused-ring (bicyclic) bond motifs is 1. The van der Waals surface area contributed by atoms with E-state index in [1.165, 1.54) is 11.1 Å². The number of rotatable bonds is 6. The molecule has 1 aliphatic rings. The second-order valence-corrected chi connectivity index (χ2v) is 6.49. The molecule has 3 nitrogen and oxygen atoms in total. The van der Waals surface area contributed by atoms with Crippen molar-refractivity contribution < 1.29 is 9.84 Å². The molecule has 1 N–H and O–H groups in total. The molecule has 1 atom stereocenters. The molecule has 4 heteroatoms. The molecule has 23 heavy (non-hydrogen) atoms. The quantitative estimate of drug-likeness (QED) is 0.881. The van der Waals surface area contributed by atoms with Crippen LogP contribution in [0.25, 0.3) is 0 Å². The number of β-amino-alcohol motifs (C(OH)–C–C–N with tert-alkyl or cyclic N) is 1. The average Bonchev–Trinajstić information content (AvgIpc) is 2.56. The number of hydrogen-bond acceptors (Lipinski definition) is 3. The first-order chi connectivity index (χ1) is 11.2. The number of hydrogen-bond donors (Lipinski definition) is 1. The number of aliphatic hydroxyl groups is 1. The van der Waals surface area contributed by atoms with Crippen molar-refractivity contribution in [3.63, 3.8) is 0 Å². The highest BCUT2D eigenvalue weighted by Crippen LogP contribution is 2.18. The number of benzene rings is 2. The summed E-state index contributed by atoms with van der Waals surface area (Å²) in [5.41, 5.74) is 3.86. The predicted octanol–water partition coefficient (Wildman–Crippen LogP) is 3.28. The summed E-state index contributed by atoms with van der Waals surface area (Å²) >= 11 is 5.85. The summed E-state index contributed by atoms with van der Waals surface area (Å²) < 4.78 is 5.61. The third-order valence-corrected chi connectivity index (χ3v) is 4.42. The van der Waals surface area contributed by atoms with Crippen molar-refractivity contribution in [3.05, 3.63) is 70.2 Å². The summed E-state index contributed by atoms with van der Waals surface area (Å²) in [6, 6.07) is 16.1. The summed E-state index contributed by atoms with van der Waals surface area (Å²) in [6.07, 6.45) is 0.585. The predicted molar refractivity (Wildman–Crippen MR) is 92.5 cm³/mol. The van der Waals surface area contributed by atoms with Gasteiger partial charge in [0.15, 0.2) is 0 Å². The Kier molecular flexibility index (Phi) is 5.68. The van der Waals surface area contributed by atoms with Gasteiger partial charge in [-0.2, -0.15) is 0 Å². The van der Waals surface area contributed by atoms with Crippen LogP contribution >= 0.6 is 11.6 Å². The van der Waals surface area contributed by atoms with E-state index in [-0.39, 0.29) is 0 Å². The Morgan fingerprint density at radius 3 is 2.61 bits per heavy atom. The topological polar surface area (TPSA) is 32.7 Å². The van der Waals surface area contributed by atoms with Gasteiger partial charge in [-0.3, -0.25) is 4.90 Å². The molecular weight excluding hydrogens is 310 g/mol. The fourth-order valence-corrected chi connectivity index (χ4v) is 3.08. The minimum atomic E-state index is -0.465. The van der Waals surface area contributed by atoms with E-state index in [1.54, 1.807) is 0 Å². The zero-order chi connectivity index (χ0) is 16.1. The van der Waals surface area contributed by atoms with Gasteiger partial charge in [0.05, 0.1) is 19.3 Å². The highest BCUT2D eigenvalue weighted by Gasteiger charge is 2.18. The third kappa shape index (κ3) is 4.79. The second kappa shape index (κ2) is 7.93. The first kappa shape index (κ1) is 16.5. The largest absolute Gasteiger partial charge is 0.389 e. The van der Waals surface area contributed by atoms with E-state index in [4.69, 9.17) is 16.3 Å². The zero-order valence-electron chi connectivity index (χ0n) is 13.1. The van der Waals surface area contributed by atoms with Crippen LogP contribution in [0.1, 0.15) is 16.7 Å². The molecule has 1 aliphatic heterocycles. The molecule has 0 saturated carbocycles. The van der Waals surface area contributed by atoms with E-state index in [1.807, 2.05) is 24.3 Å². The Morgan fingerprint density at radius 2 is 1.83 bits per heavy atom. The van der Waals surface area contributed by atoms with Gasteiger partial charge in [0.1, 0.15) is 0 Å². The SMILES string of the molecule is O[C@H](COCc1ccc(Cl)cc1)CN1CCc2ccccc2C1. The van der Waals surface area contributed by atoms with Gasteiger partial charge in [-0.25, -0.2) is 0 Å². The van der Waals surface area contributed by atoms with Crippen molar-refractivity contribution in [1.82, 2.24) is 4.90 Å². The Morgan fingerprint density at radius 1 is 1.09 bits per heavy atom. The van der Waals surface area contributed by atoms with Crippen molar-refractivity contribution in [2.75, 3.05) is 19.7 Å². The van der Waals surface area contributed by atoms with Gasteiger partial charge in [-0.05, 0) is 35.2 Å². The summed E-state index contributed by atoms with van der Waals surface area (Å²) in [5.74, 6) is 0. The molecule has 3 rings (SSSR count). The lowest BCUT2D eigenvalue weighted by atomic mass is 10.00. The van der Waals surface area contributed by atoms with E-state index >= 15 is 0 Å². The lowest BCUT2D eigenvalue weighted by Gasteiger charge is -2.30. The first-order valence-electron chi connectivity index (χ1n) is 8.00. The van der Waals surface area contributed by atoms with Crippen LogP contribution in [0.15, 0.2) is 48.5 Å². The normalized spacial score (nSPS) is 16.1. The number of halogens is 1. The van der Waals surface area contributed by atoms with Crippen LogP contribution in [0.5, 0.6) is 0 Å². The van der Waals surface area contributed by atoms with E-state index in [2.05, 4.69) is 29.2 Å². The van der Waals surface area contributed by atoms with Crippen molar-refractivity contribution in [1.29, 1.82) is 0 Å². The van der Waals surface area contributed by atoms with Crippen LogP contribution in [0.4, 0.5) is 0 Å². The molecule has 0 bridgehead atoms. The summed E-state index contributed by atoms with van der Waals surface area (Å²) in [7, 11) is 0. The molecular formula is C19H22ClNO2.